The Labute approximate surface area is 139 Å². The van der Waals surface area contributed by atoms with Crippen LogP contribution in [0.4, 0.5) is 0 Å². The Morgan fingerprint density at radius 2 is 1.95 bits per heavy atom. The average Bonchev–Trinajstić information content (AvgIpc) is 2.53. The normalized spacial score (nSPS) is 25.0. The predicted molar refractivity (Wildman–Crippen MR) is 90.6 cm³/mol. The molecule has 22 heavy (non-hydrogen) atoms. The van der Waals surface area contributed by atoms with Crippen molar-refractivity contribution in [1.29, 1.82) is 0 Å². The van der Waals surface area contributed by atoms with Crippen LogP contribution in [0.25, 0.3) is 0 Å². The van der Waals surface area contributed by atoms with Crippen LogP contribution in [0.15, 0.2) is 24.3 Å². The number of ether oxygens (including phenoxy) is 1. The molecule has 122 valence electrons. The van der Waals surface area contributed by atoms with Crippen LogP contribution in [0.1, 0.15) is 48.0 Å². The highest BCUT2D eigenvalue weighted by Crippen LogP contribution is 2.31. The van der Waals surface area contributed by atoms with Crippen LogP contribution in [-0.4, -0.2) is 36.6 Å². The number of nitrogens with zero attached hydrogens (tertiary/aromatic N) is 1. The first kappa shape index (κ1) is 17.3. The summed E-state index contributed by atoms with van der Waals surface area (Å²) in [6.45, 7) is 4.99. The zero-order valence-corrected chi connectivity index (χ0v) is 14.1. The summed E-state index contributed by atoms with van der Waals surface area (Å²) in [5.41, 5.74) is 1.69. The van der Waals surface area contributed by atoms with Crippen molar-refractivity contribution < 1.29 is 9.53 Å². The summed E-state index contributed by atoms with van der Waals surface area (Å²) in [4.78, 5) is 14.8. The van der Waals surface area contributed by atoms with Crippen molar-refractivity contribution in [3.63, 3.8) is 0 Å². The SMILES string of the molecule is Cc1ccccc1C(=O)OC[C@@H]1CCCN2CCCC[C@H]12.Cl. The number of carbonyl (C=O) groups excluding carboxylic acids is 1. The molecule has 2 aliphatic rings. The fraction of sp³-hybridized carbons (Fsp3) is 0.611. The van der Waals surface area contributed by atoms with E-state index in [1.807, 2.05) is 31.2 Å². The summed E-state index contributed by atoms with van der Waals surface area (Å²) in [6, 6.07) is 8.29. The third-order valence-corrected chi connectivity index (χ3v) is 5.02. The van der Waals surface area contributed by atoms with Crippen molar-refractivity contribution in [2.24, 2.45) is 5.92 Å². The number of aryl methyl sites for hydroxylation is 1. The minimum absolute atomic E-state index is 0. The molecule has 4 heteroatoms. The van der Waals surface area contributed by atoms with Crippen LogP contribution in [0.5, 0.6) is 0 Å². The van der Waals surface area contributed by atoms with E-state index in [-0.39, 0.29) is 18.4 Å². The fourth-order valence-corrected chi connectivity index (χ4v) is 3.83. The lowest BCUT2D eigenvalue weighted by atomic mass is 9.84. The highest BCUT2D eigenvalue weighted by atomic mass is 35.5. The van der Waals surface area contributed by atoms with Crippen LogP contribution in [0, 0.1) is 12.8 Å². The first-order valence-corrected chi connectivity index (χ1v) is 8.22. The summed E-state index contributed by atoms with van der Waals surface area (Å²) in [6.07, 6.45) is 6.35. The van der Waals surface area contributed by atoms with Crippen molar-refractivity contribution >= 4 is 18.4 Å². The van der Waals surface area contributed by atoms with E-state index in [1.165, 1.54) is 45.2 Å². The summed E-state index contributed by atoms with van der Waals surface area (Å²) >= 11 is 0. The highest BCUT2D eigenvalue weighted by Gasteiger charge is 2.33. The molecule has 2 atom stereocenters. The van der Waals surface area contributed by atoms with Crippen LogP contribution in [0.2, 0.25) is 0 Å². The maximum atomic E-state index is 12.2. The third kappa shape index (κ3) is 3.82. The molecule has 1 aromatic carbocycles. The second kappa shape index (κ2) is 7.98. The molecule has 0 bridgehead atoms. The molecule has 0 amide bonds. The number of hydrogen-bond acceptors (Lipinski definition) is 3. The Kier molecular flexibility index (Phi) is 6.27. The molecule has 2 saturated heterocycles. The van der Waals surface area contributed by atoms with Gasteiger partial charge in [-0.1, -0.05) is 24.6 Å². The molecular formula is C18H26ClNO2. The molecule has 0 aromatic heterocycles. The van der Waals surface area contributed by atoms with Gasteiger partial charge in [0.05, 0.1) is 12.2 Å². The molecule has 0 unspecified atom stereocenters. The van der Waals surface area contributed by atoms with Crippen molar-refractivity contribution in [3.8, 4) is 0 Å². The van der Waals surface area contributed by atoms with E-state index in [0.717, 1.165) is 5.56 Å². The van der Waals surface area contributed by atoms with E-state index in [2.05, 4.69) is 4.90 Å². The quantitative estimate of drug-likeness (QED) is 0.792. The fourth-order valence-electron chi connectivity index (χ4n) is 3.83. The molecule has 2 aliphatic heterocycles. The Bertz CT molecular complexity index is 504. The molecule has 1 aromatic rings. The van der Waals surface area contributed by atoms with Gasteiger partial charge < -0.3 is 4.74 Å². The van der Waals surface area contributed by atoms with Gasteiger partial charge in [0.15, 0.2) is 0 Å². The molecule has 0 aliphatic carbocycles. The Morgan fingerprint density at radius 1 is 1.18 bits per heavy atom. The lowest BCUT2D eigenvalue weighted by Gasteiger charge is -2.44. The van der Waals surface area contributed by atoms with E-state index in [4.69, 9.17) is 4.74 Å². The number of fused-ring (bicyclic) bond motifs is 1. The zero-order valence-electron chi connectivity index (χ0n) is 13.3. The molecule has 0 spiro atoms. The number of benzene rings is 1. The van der Waals surface area contributed by atoms with Gasteiger partial charge in [0.2, 0.25) is 0 Å². The highest BCUT2D eigenvalue weighted by molar-refractivity contribution is 5.90. The van der Waals surface area contributed by atoms with Crippen molar-refractivity contribution in [2.75, 3.05) is 19.7 Å². The molecular weight excluding hydrogens is 298 g/mol. The molecule has 3 nitrogen and oxygen atoms in total. The Balaban J connectivity index is 0.00000176. The van der Waals surface area contributed by atoms with E-state index in [1.54, 1.807) is 0 Å². The number of carbonyl (C=O) groups is 1. The van der Waals surface area contributed by atoms with Gasteiger partial charge in [0.25, 0.3) is 0 Å². The second-order valence-electron chi connectivity index (χ2n) is 6.41. The van der Waals surface area contributed by atoms with Crippen LogP contribution < -0.4 is 0 Å². The van der Waals surface area contributed by atoms with Crippen LogP contribution >= 0.6 is 12.4 Å². The molecule has 0 N–H and O–H groups in total. The average molecular weight is 324 g/mol. The van der Waals surface area contributed by atoms with Crippen molar-refractivity contribution in [2.45, 2.75) is 45.1 Å². The summed E-state index contributed by atoms with van der Waals surface area (Å²) < 4.78 is 5.63. The monoisotopic (exact) mass is 323 g/mol. The first-order chi connectivity index (χ1) is 10.3. The zero-order chi connectivity index (χ0) is 14.7. The standard InChI is InChI=1S/C18H25NO2.ClH/c1-14-7-2-3-9-16(14)18(20)21-13-15-8-6-12-19-11-5-4-10-17(15)19;/h2-3,7,9,15,17H,4-6,8,10-13H2,1H3;1H/t15-,17+;/m0./s1. The van der Waals surface area contributed by atoms with Crippen LogP contribution in [0.3, 0.4) is 0 Å². The number of esters is 1. The largest absolute Gasteiger partial charge is 0.462 e. The van der Waals surface area contributed by atoms with Gasteiger partial charge in [-0.25, -0.2) is 4.79 Å². The van der Waals surface area contributed by atoms with Gasteiger partial charge in [-0.3, -0.25) is 4.90 Å². The minimum atomic E-state index is -0.166. The first-order valence-electron chi connectivity index (χ1n) is 8.22. The number of halogens is 1. The Hall–Kier alpha value is -1.06. The molecule has 2 fully saturated rings. The summed E-state index contributed by atoms with van der Waals surface area (Å²) in [7, 11) is 0. The maximum Gasteiger partial charge on any atom is 0.338 e. The lowest BCUT2D eigenvalue weighted by Crippen LogP contribution is -2.49. The lowest BCUT2D eigenvalue weighted by molar-refractivity contribution is 0.00734. The third-order valence-electron chi connectivity index (χ3n) is 5.02. The smallest absolute Gasteiger partial charge is 0.338 e. The molecule has 2 heterocycles. The van der Waals surface area contributed by atoms with Gasteiger partial charge in [0, 0.05) is 12.0 Å². The van der Waals surface area contributed by atoms with Gasteiger partial charge in [-0.15, -0.1) is 12.4 Å². The second-order valence-corrected chi connectivity index (χ2v) is 6.41. The molecule has 3 rings (SSSR count). The maximum absolute atomic E-state index is 12.2. The number of rotatable bonds is 3. The number of hydrogen-bond donors (Lipinski definition) is 0. The van der Waals surface area contributed by atoms with Gasteiger partial charge >= 0.3 is 5.97 Å². The summed E-state index contributed by atoms with van der Waals surface area (Å²) in [5.74, 6) is 0.355. The van der Waals surface area contributed by atoms with Crippen LogP contribution in [-0.2, 0) is 4.74 Å². The minimum Gasteiger partial charge on any atom is -0.462 e. The van der Waals surface area contributed by atoms with Gasteiger partial charge in [-0.2, -0.15) is 0 Å². The van der Waals surface area contributed by atoms with Gasteiger partial charge in [0.1, 0.15) is 0 Å². The van der Waals surface area contributed by atoms with E-state index in [0.29, 0.717) is 24.1 Å². The van der Waals surface area contributed by atoms with Gasteiger partial charge in [-0.05, 0) is 57.3 Å². The number of piperidine rings is 2. The van der Waals surface area contributed by atoms with Crippen molar-refractivity contribution in [3.05, 3.63) is 35.4 Å². The van der Waals surface area contributed by atoms with E-state index < -0.39 is 0 Å². The Morgan fingerprint density at radius 3 is 2.77 bits per heavy atom. The molecule has 0 saturated carbocycles. The van der Waals surface area contributed by atoms with Crippen molar-refractivity contribution in [1.82, 2.24) is 4.90 Å². The van der Waals surface area contributed by atoms with E-state index in [9.17, 15) is 4.79 Å². The summed E-state index contributed by atoms with van der Waals surface area (Å²) in [5, 5.41) is 0. The van der Waals surface area contributed by atoms with E-state index >= 15 is 0 Å². The predicted octanol–water partition coefficient (Wildman–Crippen LogP) is 3.84. The molecule has 0 radical (unpaired) electrons. The topological polar surface area (TPSA) is 29.5 Å².